The zero-order chi connectivity index (χ0) is 19.8. The molecule has 2 N–H and O–H groups in total. The smallest absolute Gasteiger partial charge is 0.341 e. The highest BCUT2D eigenvalue weighted by Crippen LogP contribution is 2.30. The van der Waals surface area contributed by atoms with Gasteiger partial charge < -0.3 is 9.64 Å². The van der Waals surface area contributed by atoms with Crippen LogP contribution in [0.1, 0.15) is 15.9 Å². The van der Waals surface area contributed by atoms with Crippen molar-refractivity contribution < 1.29 is 31.5 Å². The van der Waals surface area contributed by atoms with Crippen molar-refractivity contribution in [3.8, 4) is 0 Å². The van der Waals surface area contributed by atoms with Crippen LogP contribution in [-0.2, 0) is 26.0 Å². The minimum atomic E-state index is -3.86. The molecule has 2 aromatic carbocycles. The molecule has 0 spiro atoms. The molecular formula is C17H14F2N2O5S. The largest absolute Gasteiger partial charge is 0.452 e. The molecule has 0 saturated carbocycles. The van der Waals surface area contributed by atoms with E-state index in [9.17, 15) is 26.8 Å². The van der Waals surface area contributed by atoms with E-state index in [4.69, 9.17) is 9.88 Å². The van der Waals surface area contributed by atoms with Crippen molar-refractivity contribution in [1.29, 1.82) is 0 Å². The van der Waals surface area contributed by atoms with Crippen LogP contribution >= 0.6 is 0 Å². The van der Waals surface area contributed by atoms with Gasteiger partial charge in [-0.1, -0.05) is 0 Å². The summed E-state index contributed by atoms with van der Waals surface area (Å²) >= 11 is 0. The van der Waals surface area contributed by atoms with E-state index < -0.39 is 45.7 Å². The lowest BCUT2D eigenvalue weighted by Gasteiger charge is -2.17. The highest BCUT2D eigenvalue weighted by atomic mass is 32.2. The molecule has 0 fully saturated rings. The second-order valence-electron chi connectivity index (χ2n) is 5.83. The number of ether oxygens (including phenoxy) is 1. The molecule has 1 aliphatic rings. The molecule has 0 aromatic heterocycles. The molecule has 0 bridgehead atoms. The number of halogens is 2. The van der Waals surface area contributed by atoms with Gasteiger partial charge in [-0.3, -0.25) is 4.79 Å². The molecule has 3 rings (SSSR count). The molecule has 142 valence electrons. The van der Waals surface area contributed by atoms with E-state index in [1.165, 1.54) is 23.1 Å². The first-order chi connectivity index (χ1) is 12.7. The summed E-state index contributed by atoms with van der Waals surface area (Å²) in [5.41, 5.74) is 0.617. The van der Waals surface area contributed by atoms with E-state index in [1.54, 1.807) is 0 Å². The number of carbonyl (C=O) groups is 2. The zero-order valence-corrected chi connectivity index (χ0v) is 14.6. The van der Waals surface area contributed by atoms with Gasteiger partial charge in [0.05, 0.1) is 10.5 Å². The van der Waals surface area contributed by atoms with Crippen LogP contribution in [0.25, 0.3) is 0 Å². The number of benzene rings is 2. The standard InChI is InChI=1S/C17H14F2N2O5S/c18-11-1-3-13(14(19)8-11)17(23)26-9-16(22)21-6-5-10-7-12(27(20,24)25)2-4-15(10)21/h1-4,7-8H,5-6,9H2,(H2,20,24,25). The number of hydrogen-bond donors (Lipinski definition) is 1. The molecular weight excluding hydrogens is 382 g/mol. The van der Waals surface area contributed by atoms with Crippen molar-refractivity contribution >= 4 is 27.6 Å². The van der Waals surface area contributed by atoms with E-state index in [1.807, 2.05) is 0 Å². The van der Waals surface area contributed by atoms with E-state index in [0.717, 1.165) is 12.1 Å². The van der Waals surface area contributed by atoms with Gasteiger partial charge in [-0.15, -0.1) is 0 Å². The second kappa shape index (κ2) is 7.05. The first-order valence-corrected chi connectivity index (χ1v) is 9.30. The molecule has 10 heteroatoms. The second-order valence-corrected chi connectivity index (χ2v) is 7.39. The fourth-order valence-electron chi connectivity index (χ4n) is 2.75. The lowest BCUT2D eigenvalue weighted by molar-refractivity contribution is -0.121. The van der Waals surface area contributed by atoms with E-state index in [0.29, 0.717) is 23.7 Å². The van der Waals surface area contributed by atoms with Crippen molar-refractivity contribution in [3.05, 3.63) is 59.2 Å². The van der Waals surface area contributed by atoms with Crippen LogP contribution in [0.4, 0.5) is 14.5 Å². The molecule has 7 nitrogen and oxygen atoms in total. The molecule has 0 radical (unpaired) electrons. The Balaban J connectivity index is 1.69. The van der Waals surface area contributed by atoms with Gasteiger partial charge in [0.25, 0.3) is 5.91 Å². The van der Waals surface area contributed by atoms with E-state index >= 15 is 0 Å². The van der Waals surface area contributed by atoms with Crippen LogP contribution < -0.4 is 10.0 Å². The van der Waals surface area contributed by atoms with E-state index in [-0.39, 0.29) is 11.4 Å². The van der Waals surface area contributed by atoms with Gasteiger partial charge in [-0.2, -0.15) is 0 Å². The Bertz CT molecular complexity index is 1040. The SMILES string of the molecule is NS(=O)(=O)c1ccc2c(c1)CCN2C(=O)COC(=O)c1ccc(F)cc1F. The van der Waals surface area contributed by atoms with E-state index in [2.05, 4.69) is 0 Å². The lowest BCUT2D eigenvalue weighted by Crippen LogP contribution is -2.33. The maximum absolute atomic E-state index is 13.6. The average Bonchev–Trinajstić information content (AvgIpc) is 3.02. The van der Waals surface area contributed by atoms with Gasteiger partial charge in [0.1, 0.15) is 11.6 Å². The van der Waals surface area contributed by atoms with Gasteiger partial charge in [0.15, 0.2) is 6.61 Å². The van der Waals surface area contributed by atoms with Gasteiger partial charge in [0, 0.05) is 18.3 Å². The Hall–Kier alpha value is -2.85. The van der Waals surface area contributed by atoms with Crippen molar-refractivity contribution in [2.75, 3.05) is 18.1 Å². The maximum Gasteiger partial charge on any atom is 0.341 e. The van der Waals surface area contributed by atoms with Crippen LogP contribution in [0, 0.1) is 11.6 Å². The summed E-state index contributed by atoms with van der Waals surface area (Å²) < 4.78 is 54.0. The molecule has 0 unspecified atom stereocenters. The first kappa shape index (κ1) is 18.9. The zero-order valence-electron chi connectivity index (χ0n) is 13.8. The summed E-state index contributed by atoms with van der Waals surface area (Å²) in [5.74, 6) is -3.58. The van der Waals surface area contributed by atoms with Gasteiger partial charge in [0.2, 0.25) is 10.0 Å². The Morgan fingerprint density at radius 2 is 1.89 bits per heavy atom. The van der Waals surface area contributed by atoms with Crippen LogP contribution in [0.2, 0.25) is 0 Å². The molecule has 0 aliphatic carbocycles. The van der Waals surface area contributed by atoms with Crippen LogP contribution in [0.15, 0.2) is 41.3 Å². The Labute approximate surface area is 153 Å². The highest BCUT2D eigenvalue weighted by Gasteiger charge is 2.27. The van der Waals surface area contributed by atoms with Crippen molar-refractivity contribution in [1.82, 2.24) is 0 Å². The average molecular weight is 396 g/mol. The number of rotatable bonds is 4. The molecule has 1 amide bonds. The predicted molar refractivity (Wildman–Crippen MR) is 90.5 cm³/mol. The summed E-state index contributed by atoms with van der Waals surface area (Å²) in [6.45, 7) is -0.378. The number of hydrogen-bond acceptors (Lipinski definition) is 5. The highest BCUT2D eigenvalue weighted by molar-refractivity contribution is 7.89. The number of amides is 1. The van der Waals surface area contributed by atoms with Crippen molar-refractivity contribution in [2.45, 2.75) is 11.3 Å². The normalized spacial score (nSPS) is 13.4. The van der Waals surface area contributed by atoms with Crippen LogP contribution in [-0.4, -0.2) is 33.4 Å². The number of sulfonamides is 1. The summed E-state index contributed by atoms with van der Waals surface area (Å²) in [6, 6.07) is 6.48. The van der Waals surface area contributed by atoms with Gasteiger partial charge >= 0.3 is 5.97 Å². The molecule has 0 saturated heterocycles. The lowest BCUT2D eigenvalue weighted by atomic mass is 10.2. The molecule has 1 aliphatic heterocycles. The molecule has 27 heavy (non-hydrogen) atoms. The summed E-state index contributed by atoms with van der Waals surface area (Å²) in [6.07, 6.45) is 0.408. The predicted octanol–water partition coefficient (Wildman–Crippen LogP) is 1.36. The minimum Gasteiger partial charge on any atom is -0.452 e. The molecule has 2 aromatic rings. The van der Waals surface area contributed by atoms with Crippen LogP contribution in [0.3, 0.4) is 0 Å². The number of primary sulfonamides is 1. The number of esters is 1. The third kappa shape index (κ3) is 3.96. The number of anilines is 1. The summed E-state index contributed by atoms with van der Waals surface area (Å²) in [7, 11) is -3.86. The van der Waals surface area contributed by atoms with Gasteiger partial charge in [-0.25, -0.2) is 27.1 Å². The topological polar surface area (TPSA) is 107 Å². The minimum absolute atomic E-state index is 0.0613. The fourth-order valence-corrected chi connectivity index (χ4v) is 3.32. The maximum atomic E-state index is 13.6. The van der Waals surface area contributed by atoms with Crippen molar-refractivity contribution in [2.24, 2.45) is 5.14 Å². The number of carbonyl (C=O) groups excluding carboxylic acids is 2. The summed E-state index contributed by atoms with van der Waals surface area (Å²) in [5, 5.41) is 5.08. The molecule has 1 heterocycles. The first-order valence-electron chi connectivity index (χ1n) is 7.75. The Kier molecular flexibility index (Phi) is 4.94. The monoisotopic (exact) mass is 396 g/mol. The fraction of sp³-hybridized carbons (Fsp3) is 0.176. The molecule has 0 atom stereocenters. The van der Waals surface area contributed by atoms with Crippen LogP contribution in [0.5, 0.6) is 0 Å². The quantitative estimate of drug-likeness (QED) is 0.786. The number of fused-ring (bicyclic) bond motifs is 1. The third-order valence-corrected chi connectivity index (χ3v) is 4.96. The number of nitrogens with two attached hydrogens (primary N) is 1. The van der Waals surface area contributed by atoms with Gasteiger partial charge in [-0.05, 0) is 42.3 Å². The number of nitrogens with zero attached hydrogens (tertiary/aromatic N) is 1. The summed E-state index contributed by atoms with van der Waals surface area (Å²) in [4.78, 5) is 25.4. The third-order valence-electron chi connectivity index (χ3n) is 4.05. The Morgan fingerprint density at radius 3 is 2.56 bits per heavy atom. The van der Waals surface area contributed by atoms with Crippen molar-refractivity contribution in [3.63, 3.8) is 0 Å². The Morgan fingerprint density at radius 1 is 1.15 bits per heavy atom.